The zero-order chi connectivity index (χ0) is 27.4. The minimum absolute atomic E-state index is 0.0838. The van der Waals surface area contributed by atoms with Gasteiger partial charge in [0.05, 0.1) is 11.9 Å². The molecule has 2 aromatic carbocycles. The Hall–Kier alpha value is -2.00. The minimum Gasteiger partial charge on any atom is -0.350 e. The van der Waals surface area contributed by atoms with E-state index < -0.39 is 34.1 Å². The summed E-state index contributed by atoms with van der Waals surface area (Å²) in [7, 11) is -3.88. The number of carbonyl (C=O) groups excluding carboxylic acids is 2. The minimum atomic E-state index is -3.88. The van der Waals surface area contributed by atoms with E-state index in [1.54, 1.807) is 50.2 Å². The number of nitrogens with zero attached hydrogens (tertiary/aromatic N) is 2. The molecule has 0 aliphatic rings. The predicted molar refractivity (Wildman–Crippen MR) is 147 cm³/mol. The average Bonchev–Trinajstić information content (AvgIpc) is 2.74. The monoisotopic (exact) mass is 575 g/mol. The number of hydrogen-bond donors (Lipinski definition) is 1. The molecule has 0 aliphatic heterocycles. The lowest BCUT2D eigenvalue weighted by molar-refractivity contribution is -0.141. The highest BCUT2D eigenvalue weighted by molar-refractivity contribution is 7.92. The van der Waals surface area contributed by atoms with Crippen molar-refractivity contribution in [3.05, 3.63) is 62.6 Å². The normalized spacial score (nSPS) is 12.7. The lowest BCUT2D eigenvalue weighted by atomic mass is 10.1. The van der Waals surface area contributed by atoms with Gasteiger partial charge in [-0.3, -0.25) is 13.9 Å². The molecule has 0 saturated carbocycles. The molecule has 1 atom stereocenters. The van der Waals surface area contributed by atoms with E-state index in [2.05, 4.69) is 5.32 Å². The Bertz CT molecular complexity index is 1210. The lowest BCUT2D eigenvalue weighted by Crippen LogP contribution is -2.55. The van der Waals surface area contributed by atoms with Gasteiger partial charge >= 0.3 is 0 Å². The first-order valence-electron chi connectivity index (χ1n) is 11.3. The molecule has 0 spiro atoms. The molecule has 1 N–H and O–H groups in total. The molecule has 0 aliphatic carbocycles. The fourth-order valence-corrected chi connectivity index (χ4v) is 5.27. The van der Waals surface area contributed by atoms with Crippen LogP contribution < -0.4 is 9.62 Å². The number of halogens is 3. The van der Waals surface area contributed by atoms with Crippen LogP contribution in [0.5, 0.6) is 0 Å². The molecule has 7 nitrogen and oxygen atoms in total. The Kier molecular flexibility index (Phi) is 10.1. The molecule has 0 radical (unpaired) electrons. The molecular weight excluding hydrogens is 545 g/mol. The first kappa shape index (κ1) is 30.2. The van der Waals surface area contributed by atoms with Gasteiger partial charge in [-0.05, 0) is 63.9 Å². The number of hydrogen-bond acceptors (Lipinski definition) is 4. The first-order chi connectivity index (χ1) is 16.6. The maximum absolute atomic E-state index is 13.8. The molecule has 0 heterocycles. The maximum Gasteiger partial charge on any atom is 0.244 e. The van der Waals surface area contributed by atoms with Gasteiger partial charge in [0.25, 0.3) is 0 Å². The molecule has 0 aromatic heterocycles. The molecule has 11 heteroatoms. The fourth-order valence-electron chi connectivity index (χ4n) is 3.69. The van der Waals surface area contributed by atoms with Crippen molar-refractivity contribution in [3.63, 3.8) is 0 Å². The van der Waals surface area contributed by atoms with E-state index in [-0.39, 0.29) is 24.6 Å². The van der Waals surface area contributed by atoms with Crippen molar-refractivity contribution in [2.45, 2.75) is 59.2 Å². The predicted octanol–water partition coefficient (Wildman–Crippen LogP) is 5.44. The number of amides is 2. The van der Waals surface area contributed by atoms with E-state index in [9.17, 15) is 18.0 Å². The molecule has 0 saturated heterocycles. The van der Waals surface area contributed by atoms with E-state index in [1.807, 2.05) is 20.8 Å². The third-order valence-electron chi connectivity index (χ3n) is 5.46. The average molecular weight is 577 g/mol. The summed E-state index contributed by atoms with van der Waals surface area (Å²) in [6, 6.07) is 8.88. The Balaban J connectivity index is 2.57. The maximum atomic E-state index is 13.8. The van der Waals surface area contributed by atoms with Gasteiger partial charge < -0.3 is 10.2 Å². The Morgan fingerprint density at radius 2 is 1.53 bits per heavy atom. The number of rotatable bonds is 9. The van der Waals surface area contributed by atoms with E-state index in [4.69, 9.17) is 34.8 Å². The SMILES string of the molecule is CC[C@@H](C(=O)NC(C)(C)C)N(Cc1c(Cl)cccc1Cl)C(=O)CN(c1cccc(Cl)c1C)S(C)(=O)=O. The van der Waals surface area contributed by atoms with E-state index in [0.717, 1.165) is 10.6 Å². The second-order valence-corrected chi connectivity index (χ2v) is 12.7. The molecule has 2 rings (SSSR count). The van der Waals surface area contributed by atoms with Gasteiger partial charge in [0, 0.05) is 32.7 Å². The summed E-state index contributed by atoms with van der Waals surface area (Å²) in [4.78, 5) is 28.3. The summed E-state index contributed by atoms with van der Waals surface area (Å²) in [5.41, 5.74) is 0.704. The van der Waals surface area contributed by atoms with Crippen molar-refractivity contribution >= 4 is 62.3 Å². The van der Waals surface area contributed by atoms with Crippen LogP contribution in [-0.2, 0) is 26.2 Å². The van der Waals surface area contributed by atoms with E-state index >= 15 is 0 Å². The number of carbonyl (C=O) groups is 2. The molecule has 36 heavy (non-hydrogen) atoms. The highest BCUT2D eigenvalue weighted by atomic mass is 35.5. The molecule has 0 fully saturated rings. The summed E-state index contributed by atoms with van der Waals surface area (Å²) < 4.78 is 26.5. The molecule has 0 bridgehead atoms. The summed E-state index contributed by atoms with van der Waals surface area (Å²) in [6.45, 7) is 8.33. The van der Waals surface area contributed by atoms with Crippen molar-refractivity contribution in [1.29, 1.82) is 0 Å². The second kappa shape index (κ2) is 12.0. The van der Waals surface area contributed by atoms with E-state index in [1.165, 1.54) is 4.90 Å². The van der Waals surface area contributed by atoms with Crippen molar-refractivity contribution in [2.75, 3.05) is 17.1 Å². The first-order valence-corrected chi connectivity index (χ1v) is 14.3. The van der Waals surface area contributed by atoms with Gasteiger partial charge in [-0.15, -0.1) is 0 Å². The molecule has 198 valence electrons. The van der Waals surface area contributed by atoms with Crippen LogP contribution in [0.4, 0.5) is 5.69 Å². The van der Waals surface area contributed by atoms with Crippen LogP contribution >= 0.6 is 34.8 Å². The molecule has 0 unspecified atom stereocenters. The smallest absolute Gasteiger partial charge is 0.244 e. The summed E-state index contributed by atoms with van der Waals surface area (Å²) in [5, 5.41) is 3.93. The number of anilines is 1. The largest absolute Gasteiger partial charge is 0.350 e. The Morgan fingerprint density at radius 3 is 2.03 bits per heavy atom. The van der Waals surface area contributed by atoms with Gasteiger partial charge in [0.15, 0.2) is 0 Å². The van der Waals surface area contributed by atoms with Crippen LogP contribution in [0, 0.1) is 6.92 Å². The molecule has 2 amide bonds. The fraction of sp³-hybridized carbons (Fsp3) is 0.440. The van der Waals surface area contributed by atoms with Crippen molar-refractivity contribution < 1.29 is 18.0 Å². The topological polar surface area (TPSA) is 86.8 Å². The highest BCUT2D eigenvalue weighted by Crippen LogP contribution is 2.30. The highest BCUT2D eigenvalue weighted by Gasteiger charge is 2.34. The summed E-state index contributed by atoms with van der Waals surface area (Å²) in [6.07, 6.45) is 1.30. The summed E-state index contributed by atoms with van der Waals surface area (Å²) in [5.74, 6) is -0.960. The quantitative estimate of drug-likeness (QED) is 0.430. The second-order valence-electron chi connectivity index (χ2n) is 9.54. The van der Waals surface area contributed by atoms with E-state index in [0.29, 0.717) is 26.2 Å². The van der Waals surface area contributed by atoms with Gasteiger partial charge in [-0.1, -0.05) is 53.9 Å². The zero-order valence-corrected chi connectivity index (χ0v) is 24.3. The van der Waals surface area contributed by atoms with Gasteiger partial charge in [0.2, 0.25) is 21.8 Å². The van der Waals surface area contributed by atoms with Crippen molar-refractivity contribution in [3.8, 4) is 0 Å². The standard InChI is InChI=1S/C25H32Cl3N3O4S/c1-7-21(24(33)29-25(3,4)5)30(14-17-19(27)11-8-12-20(17)28)23(32)15-31(36(6,34)35)22-13-9-10-18(26)16(22)2/h8-13,21H,7,14-15H2,1-6H3,(H,29,33)/t21-/m0/s1. The molecule has 2 aromatic rings. The zero-order valence-electron chi connectivity index (χ0n) is 21.2. The lowest BCUT2D eigenvalue weighted by Gasteiger charge is -2.35. The summed E-state index contributed by atoms with van der Waals surface area (Å²) >= 11 is 19.0. The van der Waals surface area contributed by atoms with Crippen LogP contribution in [0.15, 0.2) is 36.4 Å². The van der Waals surface area contributed by atoms with Crippen LogP contribution in [-0.4, -0.2) is 49.5 Å². The third kappa shape index (κ3) is 7.75. The van der Waals surface area contributed by atoms with Gasteiger partial charge in [0.1, 0.15) is 12.6 Å². The number of nitrogens with one attached hydrogen (secondary N) is 1. The van der Waals surface area contributed by atoms with Gasteiger partial charge in [-0.25, -0.2) is 8.42 Å². The van der Waals surface area contributed by atoms with Crippen LogP contribution in [0.25, 0.3) is 0 Å². The van der Waals surface area contributed by atoms with Crippen molar-refractivity contribution in [2.24, 2.45) is 0 Å². The number of sulfonamides is 1. The van der Waals surface area contributed by atoms with Crippen LogP contribution in [0.2, 0.25) is 15.1 Å². The number of benzene rings is 2. The third-order valence-corrected chi connectivity index (χ3v) is 7.71. The van der Waals surface area contributed by atoms with Crippen LogP contribution in [0.3, 0.4) is 0 Å². The Labute approximate surface area is 228 Å². The van der Waals surface area contributed by atoms with Crippen molar-refractivity contribution in [1.82, 2.24) is 10.2 Å². The van der Waals surface area contributed by atoms with Gasteiger partial charge in [-0.2, -0.15) is 0 Å². The van der Waals surface area contributed by atoms with Crippen LogP contribution in [0.1, 0.15) is 45.2 Å². The molecular formula is C25H32Cl3N3O4S. The Morgan fingerprint density at radius 1 is 1.00 bits per heavy atom.